The van der Waals surface area contributed by atoms with Crippen molar-refractivity contribution in [1.82, 2.24) is 10.2 Å². The van der Waals surface area contributed by atoms with Gasteiger partial charge in [0.2, 0.25) is 5.91 Å². The molecule has 14 heavy (non-hydrogen) atoms. The van der Waals surface area contributed by atoms with Gasteiger partial charge in [-0.3, -0.25) is 14.5 Å². The van der Waals surface area contributed by atoms with Gasteiger partial charge in [0, 0.05) is 12.1 Å². The Bertz CT molecular complexity index is 263. The predicted octanol–water partition coefficient (Wildman–Crippen LogP) is -0.330. The van der Waals surface area contributed by atoms with Gasteiger partial charge in [-0.15, -0.1) is 0 Å². The lowest BCUT2D eigenvalue weighted by Crippen LogP contribution is -2.63. The molecule has 5 heteroatoms. The molecule has 1 rings (SSSR count). The van der Waals surface area contributed by atoms with Crippen molar-refractivity contribution in [2.24, 2.45) is 0 Å². The van der Waals surface area contributed by atoms with E-state index in [2.05, 4.69) is 5.32 Å². The van der Waals surface area contributed by atoms with Crippen molar-refractivity contribution < 1.29 is 14.7 Å². The lowest BCUT2D eigenvalue weighted by molar-refractivity contribution is -0.144. The number of rotatable bonds is 2. The quantitative estimate of drug-likeness (QED) is 0.640. The van der Waals surface area contributed by atoms with E-state index >= 15 is 0 Å². The Morgan fingerprint density at radius 1 is 1.71 bits per heavy atom. The minimum atomic E-state index is -0.947. The molecule has 0 bridgehead atoms. The SMILES string of the molecule is CN1CC(C)(C)NC(=O)C1CC(=O)O. The van der Waals surface area contributed by atoms with E-state index in [9.17, 15) is 9.59 Å². The first-order valence-electron chi connectivity index (χ1n) is 4.56. The number of hydrogen-bond acceptors (Lipinski definition) is 3. The maximum Gasteiger partial charge on any atom is 0.305 e. The number of likely N-dealkylation sites (N-methyl/N-ethyl adjacent to an activating group) is 1. The van der Waals surface area contributed by atoms with Gasteiger partial charge in [0.1, 0.15) is 0 Å². The highest BCUT2D eigenvalue weighted by molar-refractivity contribution is 5.87. The van der Waals surface area contributed by atoms with Gasteiger partial charge in [-0.25, -0.2) is 0 Å². The summed E-state index contributed by atoms with van der Waals surface area (Å²) >= 11 is 0. The largest absolute Gasteiger partial charge is 0.481 e. The molecule has 1 amide bonds. The van der Waals surface area contributed by atoms with Crippen molar-refractivity contribution in [2.75, 3.05) is 13.6 Å². The molecule has 80 valence electrons. The van der Waals surface area contributed by atoms with E-state index in [1.54, 1.807) is 11.9 Å². The number of carbonyl (C=O) groups excluding carboxylic acids is 1. The maximum atomic E-state index is 11.5. The van der Waals surface area contributed by atoms with Gasteiger partial charge in [-0.05, 0) is 20.9 Å². The van der Waals surface area contributed by atoms with E-state index in [4.69, 9.17) is 5.11 Å². The van der Waals surface area contributed by atoms with Gasteiger partial charge in [0.15, 0.2) is 0 Å². The monoisotopic (exact) mass is 200 g/mol. The minimum absolute atomic E-state index is 0.140. The van der Waals surface area contributed by atoms with Gasteiger partial charge < -0.3 is 10.4 Å². The summed E-state index contributed by atoms with van der Waals surface area (Å²) in [5.41, 5.74) is -0.277. The Balaban J connectivity index is 2.70. The Hall–Kier alpha value is -1.10. The molecule has 1 atom stereocenters. The third kappa shape index (κ3) is 2.45. The first-order chi connectivity index (χ1) is 6.32. The van der Waals surface area contributed by atoms with Crippen LogP contribution in [0.1, 0.15) is 20.3 Å². The number of piperazine rings is 1. The Morgan fingerprint density at radius 3 is 2.71 bits per heavy atom. The highest BCUT2D eigenvalue weighted by Crippen LogP contribution is 2.16. The molecule has 0 aromatic heterocycles. The topological polar surface area (TPSA) is 69.6 Å². The summed E-state index contributed by atoms with van der Waals surface area (Å²) < 4.78 is 0. The Labute approximate surface area is 83.1 Å². The summed E-state index contributed by atoms with van der Waals surface area (Å²) in [4.78, 5) is 23.8. The van der Waals surface area contributed by atoms with E-state index in [0.29, 0.717) is 6.54 Å². The normalized spacial score (nSPS) is 27.1. The number of carboxylic acid groups (broad SMARTS) is 1. The van der Waals surface area contributed by atoms with E-state index in [0.717, 1.165) is 0 Å². The number of carbonyl (C=O) groups is 2. The summed E-state index contributed by atoms with van der Waals surface area (Å²) in [6.07, 6.45) is -0.140. The van der Waals surface area contributed by atoms with Crippen LogP contribution in [-0.4, -0.2) is 47.1 Å². The second-order valence-electron chi connectivity index (χ2n) is 4.40. The average Bonchev–Trinajstić information content (AvgIpc) is 1.94. The molecule has 0 saturated carbocycles. The molecule has 0 aromatic carbocycles. The van der Waals surface area contributed by atoms with Gasteiger partial charge >= 0.3 is 5.97 Å². The molecule has 0 spiro atoms. The van der Waals surface area contributed by atoms with Crippen LogP contribution in [0.3, 0.4) is 0 Å². The Morgan fingerprint density at radius 2 is 2.29 bits per heavy atom. The third-order valence-electron chi connectivity index (χ3n) is 2.31. The van der Waals surface area contributed by atoms with Crippen LogP contribution in [0.5, 0.6) is 0 Å². The summed E-state index contributed by atoms with van der Waals surface area (Å²) in [7, 11) is 1.77. The number of nitrogens with one attached hydrogen (secondary N) is 1. The summed E-state index contributed by atoms with van der Waals surface area (Å²) in [5, 5.41) is 11.4. The van der Waals surface area contributed by atoms with Crippen LogP contribution < -0.4 is 5.32 Å². The smallest absolute Gasteiger partial charge is 0.305 e. The summed E-state index contributed by atoms with van der Waals surface area (Å²) in [5.74, 6) is -1.15. The van der Waals surface area contributed by atoms with Gasteiger partial charge in [0.05, 0.1) is 12.5 Å². The van der Waals surface area contributed by atoms with Crippen LogP contribution in [0.15, 0.2) is 0 Å². The third-order valence-corrected chi connectivity index (χ3v) is 2.31. The Kier molecular flexibility index (Phi) is 2.80. The van der Waals surface area contributed by atoms with Gasteiger partial charge in [0.25, 0.3) is 0 Å². The van der Waals surface area contributed by atoms with Crippen molar-refractivity contribution in [1.29, 1.82) is 0 Å². The molecule has 0 radical (unpaired) electrons. The molecule has 1 heterocycles. The molecule has 1 aliphatic heterocycles. The first kappa shape index (κ1) is 11.0. The number of nitrogens with zero attached hydrogens (tertiary/aromatic N) is 1. The zero-order chi connectivity index (χ0) is 10.9. The molecule has 2 N–H and O–H groups in total. The van der Waals surface area contributed by atoms with E-state index < -0.39 is 12.0 Å². The van der Waals surface area contributed by atoms with Crippen molar-refractivity contribution in [3.63, 3.8) is 0 Å². The molecule has 1 fully saturated rings. The van der Waals surface area contributed by atoms with E-state index in [-0.39, 0.29) is 17.9 Å². The van der Waals surface area contributed by atoms with Gasteiger partial charge in [-0.2, -0.15) is 0 Å². The molecule has 1 saturated heterocycles. The fourth-order valence-corrected chi connectivity index (χ4v) is 1.80. The molecule has 1 unspecified atom stereocenters. The van der Waals surface area contributed by atoms with Gasteiger partial charge in [-0.1, -0.05) is 0 Å². The maximum absolute atomic E-state index is 11.5. The summed E-state index contributed by atoms with van der Waals surface area (Å²) in [6.45, 7) is 4.49. The highest BCUT2D eigenvalue weighted by atomic mass is 16.4. The standard InChI is InChI=1S/C9H16N2O3/c1-9(2)5-11(3)6(4-7(12)13)8(14)10-9/h6H,4-5H2,1-3H3,(H,10,14)(H,12,13). The fourth-order valence-electron chi connectivity index (χ4n) is 1.80. The van der Waals surface area contributed by atoms with Crippen LogP contribution >= 0.6 is 0 Å². The lowest BCUT2D eigenvalue weighted by Gasteiger charge is -2.41. The second kappa shape index (κ2) is 3.57. The zero-order valence-electron chi connectivity index (χ0n) is 8.70. The fraction of sp³-hybridized carbons (Fsp3) is 0.778. The number of amides is 1. The predicted molar refractivity (Wildman–Crippen MR) is 50.9 cm³/mol. The van der Waals surface area contributed by atoms with Crippen molar-refractivity contribution in [3.05, 3.63) is 0 Å². The lowest BCUT2D eigenvalue weighted by atomic mass is 9.97. The zero-order valence-corrected chi connectivity index (χ0v) is 8.70. The molecular weight excluding hydrogens is 184 g/mol. The number of hydrogen-bond donors (Lipinski definition) is 2. The van der Waals surface area contributed by atoms with Crippen LogP contribution in [-0.2, 0) is 9.59 Å². The van der Waals surface area contributed by atoms with E-state index in [1.165, 1.54) is 0 Å². The van der Waals surface area contributed by atoms with Crippen LogP contribution in [0.25, 0.3) is 0 Å². The second-order valence-corrected chi connectivity index (χ2v) is 4.40. The van der Waals surface area contributed by atoms with Crippen LogP contribution in [0.2, 0.25) is 0 Å². The van der Waals surface area contributed by atoms with Crippen molar-refractivity contribution in [3.8, 4) is 0 Å². The average molecular weight is 200 g/mol. The van der Waals surface area contributed by atoms with Crippen LogP contribution in [0, 0.1) is 0 Å². The number of carboxylic acids is 1. The molecular formula is C9H16N2O3. The molecule has 0 aromatic rings. The number of aliphatic carboxylic acids is 1. The van der Waals surface area contributed by atoms with Crippen LogP contribution in [0.4, 0.5) is 0 Å². The van der Waals surface area contributed by atoms with Crippen molar-refractivity contribution >= 4 is 11.9 Å². The summed E-state index contributed by atoms with van der Waals surface area (Å²) in [6, 6.07) is -0.541. The first-order valence-corrected chi connectivity index (χ1v) is 4.56. The minimum Gasteiger partial charge on any atom is -0.481 e. The van der Waals surface area contributed by atoms with Crippen molar-refractivity contribution in [2.45, 2.75) is 31.8 Å². The highest BCUT2D eigenvalue weighted by Gasteiger charge is 2.37. The molecule has 0 aliphatic carbocycles. The van der Waals surface area contributed by atoms with E-state index in [1.807, 2.05) is 13.8 Å². The molecule has 1 aliphatic rings. The molecule has 5 nitrogen and oxygen atoms in total.